The average Bonchev–Trinajstić information content (AvgIpc) is 2.88. The zero-order chi connectivity index (χ0) is 12.8. The number of aromatic nitrogens is 2. The summed E-state index contributed by atoms with van der Waals surface area (Å²) < 4.78 is 24.7. The van der Waals surface area contributed by atoms with Gasteiger partial charge in [0.2, 0.25) is 0 Å². The summed E-state index contributed by atoms with van der Waals surface area (Å²) in [6.45, 7) is 1.50. The zero-order valence-corrected chi connectivity index (χ0v) is 9.87. The van der Waals surface area contributed by atoms with Crippen LogP contribution >= 0.6 is 0 Å². The molecule has 0 fully saturated rings. The van der Waals surface area contributed by atoms with E-state index in [4.69, 9.17) is 0 Å². The van der Waals surface area contributed by atoms with E-state index in [-0.39, 0.29) is 5.56 Å². The summed E-state index contributed by atoms with van der Waals surface area (Å²) in [7, 11) is 0. The Balaban J connectivity index is 1.73. The zero-order valence-electron chi connectivity index (χ0n) is 9.87. The molecule has 1 heterocycles. The van der Waals surface area contributed by atoms with Crippen LogP contribution < -0.4 is 5.32 Å². The van der Waals surface area contributed by atoms with E-state index >= 15 is 0 Å². The molecular formula is C13H15F2N3. The van der Waals surface area contributed by atoms with Gasteiger partial charge in [0.15, 0.2) is 0 Å². The van der Waals surface area contributed by atoms with Crippen molar-refractivity contribution in [2.45, 2.75) is 19.4 Å². The third-order valence-corrected chi connectivity index (χ3v) is 2.69. The number of alkyl halides is 2. The van der Waals surface area contributed by atoms with E-state index in [1.54, 1.807) is 24.7 Å². The molecule has 0 unspecified atom stereocenters. The number of H-pyrrole nitrogens is 1. The molecule has 5 heteroatoms. The first-order valence-corrected chi connectivity index (χ1v) is 5.80. The van der Waals surface area contributed by atoms with Gasteiger partial charge < -0.3 is 10.3 Å². The molecule has 0 atom stereocenters. The molecule has 0 spiro atoms. The standard InChI is InChI=1S/C13H15F2N3/c14-13(15)11-3-1-10(2-4-11)7-16-6-5-12-8-17-9-18-12/h1-4,8-9,13,16H,5-7H2,(H,17,18). The van der Waals surface area contributed by atoms with Crippen LogP contribution in [0.2, 0.25) is 0 Å². The van der Waals surface area contributed by atoms with Crippen LogP contribution in [0.15, 0.2) is 36.8 Å². The summed E-state index contributed by atoms with van der Waals surface area (Å²) in [5.41, 5.74) is 2.15. The first-order valence-electron chi connectivity index (χ1n) is 5.80. The molecule has 0 aliphatic rings. The van der Waals surface area contributed by atoms with Crippen molar-refractivity contribution in [2.75, 3.05) is 6.54 Å². The Hall–Kier alpha value is -1.75. The third kappa shape index (κ3) is 3.63. The third-order valence-electron chi connectivity index (χ3n) is 2.69. The fraction of sp³-hybridized carbons (Fsp3) is 0.308. The first-order chi connectivity index (χ1) is 8.75. The number of aromatic amines is 1. The summed E-state index contributed by atoms with van der Waals surface area (Å²) >= 11 is 0. The minimum atomic E-state index is -2.40. The number of rotatable bonds is 6. The highest BCUT2D eigenvalue weighted by atomic mass is 19.3. The van der Waals surface area contributed by atoms with Gasteiger partial charge in [-0.05, 0) is 5.56 Å². The molecule has 1 aromatic carbocycles. The van der Waals surface area contributed by atoms with Gasteiger partial charge in [-0.15, -0.1) is 0 Å². The monoisotopic (exact) mass is 251 g/mol. The molecule has 0 radical (unpaired) electrons. The van der Waals surface area contributed by atoms with Gasteiger partial charge in [-0.25, -0.2) is 13.8 Å². The Morgan fingerprint density at radius 3 is 2.61 bits per heavy atom. The van der Waals surface area contributed by atoms with Crippen LogP contribution in [-0.4, -0.2) is 16.5 Å². The van der Waals surface area contributed by atoms with E-state index in [1.807, 2.05) is 0 Å². The maximum atomic E-state index is 12.3. The van der Waals surface area contributed by atoms with Crippen LogP contribution in [0.1, 0.15) is 23.2 Å². The van der Waals surface area contributed by atoms with Crippen molar-refractivity contribution < 1.29 is 8.78 Å². The highest BCUT2D eigenvalue weighted by molar-refractivity contribution is 5.23. The van der Waals surface area contributed by atoms with E-state index < -0.39 is 6.43 Å². The Morgan fingerprint density at radius 2 is 2.00 bits per heavy atom. The number of nitrogens with zero attached hydrogens (tertiary/aromatic N) is 1. The smallest absolute Gasteiger partial charge is 0.263 e. The highest BCUT2D eigenvalue weighted by Crippen LogP contribution is 2.18. The average molecular weight is 251 g/mol. The second-order valence-corrected chi connectivity index (χ2v) is 4.05. The molecule has 0 amide bonds. The molecule has 0 saturated heterocycles. The normalized spacial score (nSPS) is 11.1. The van der Waals surface area contributed by atoms with Crippen molar-refractivity contribution in [1.29, 1.82) is 0 Å². The van der Waals surface area contributed by atoms with Crippen LogP contribution in [0, 0.1) is 0 Å². The number of halogens is 2. The molecule has 0 aliphatic heterocycles. The number of nitrogens with one attached hydrogen (secondary N) is 2. The predicted molar refractivity (Wildman–Crippen MR) is 65.4 cm³/mol. The predicted octanol–water partition coefficient (Wildman–Crippen LogP) is 2.68. The Labute approximate surface area is 104 Å². The number of hydrogen-bond acceptors (Lipinski definition) is 2. The van der Waals surface area contributed by atoms with Crippen molar-refractivity contribution in [1.82, 2.24) is 15.3 Å². The van der Waals surface area contributed by atoms with Crippen molar-refractivity contribution >= 4 is 0 Å². The number of imidazole rings is 1. The maximum absolute atomic E-state index is 12.3. The van der Waals surface area contributed by atoms with E-state index in [9.17, 15) is 8.78 Å². The largest absolute Gasteiger partial charge is 0.348 e. The molecule has 2 aromatic rings. The SMILES string of the molecule is FC(F)c1ccc(CNCCc2cnc[nH]2)cc1. The van der Waals surface area contributed by atoms with Gasteiger partial charge in [-0.2, -0.15) is 0 Å². The number of benzene rings is 1. The molecular weight excluding hydrogens is 236 g/mol. The van der Waals surface area contributed by atoms with Gasteiger partial charge >= 0.3 is 0 Å². The van der Waals surface area contributed by atoms with E-state index in [0.29, 0.717) is 6.54 Å². The minimum absolute atomic E-state index is 0.0659. The second-order valence-electron chi connectivity index (χ2n) is 4.05. The van der Waals surface area contributed by atoms with Crippen LogP contribution in [0.4, 0.5) is 8.78 Å². The molecule has 2 N–H and O–H groups in total. The molecule has 2 rings (SSSR count). The Bertz CT molecular complexity index is 452. The van der Waals surface area contributed by atoms with Crippen molar-refractivity contribution in [3.05, 3.63) is 53.6 Å². The topological polar surface area (TPSA) is 40.7 Å². The van der Waals surface area contributed by atoms with Gasteiger partial charge in [0.25, 0.3) is 6.43 Å². The summed E-state index contributed by atoms with van der Waals surface area (Å²) in [4.78, 5) is 6.95. The Kier molecular flexibility index (Phi) is 4.41. The van der Waals surface area contributed by atoms with Gasteiger partial charge in [0.1, 0.15) is 0 Å². The van der Waals surface area contributed by atoms with Crippen molar-refractivity contribution in [2.24, 2.45) is 0 Å². The first kappa shape index (κ1) is 12.7. The van der Waals surface area contributed by atoms with Gasteiger partial charge in [-0.3, -0.25) is 0 Å². The highest BCUT2D eigenvalue weighted by Gasteiger charge is 2.05. The van der Waals surface area contributed by atoms with E-state index in [2.05, 4.69) is 15.3 Å². The quantitative estimate of drug-likeness (QED) is 0.775. The van der Waals surface area contributed by atoms with Crippen LogP contribution in [0.25, 0.3) is 0 Å². The summed E-state index contributed by atoms with van der Waals surface area (Å²) in [5.74, 6) is 0. The van der Waals surface area contributed by atoms with Gasteiger partial charge in [0.05, 0.1) is 6.33 Å². The van der Waals surface area contributed by atoms with Gasteiger partial charge in [0, 0.05) is 37.0 Å². The summed E-state index contributed by atoms with van der Waals surface area (Å²) in [5, 5.41) is 3.25. The fourth-order valence-electron chi connectivity index (χ4n) is 1.66. The van der Waals surface area contributed by atoms with Crippen molar-refractivity contribution in [3.8, 4) is 0 Å². The van der Waals surface area contributed by atoms with Crippen LogP contribution in [0.5, 0.6) is 0 Å². The molecule has 0 saturated carbocycles. The van der Waals surface area contributed by atoms with Crippen LogP contribution in [-0.2, 0) is 13.0 Å². The molecule has 0 bridgehead atoms. The maximum Gasteiger partial charge on any atom is 0.263 e. The summed E-state index contributed by atoms with van der Waals surface area (Å²) in [6.07, 6.45) is 1.92. The second kappa shape index (κ2) is 6.26. The lowest BCUT2D eigenvalue weighted by atomic mass is 10.1. The molecule has 18 heavy (non-hydrogen) atoms. The molecule has 0 aliphatic carbocycles. The summed E-state index contributed by atoms with van der Waals surface area (Å²) in [6, 6.07) is 6.39. The van der Waals surface area contributed by atoms with Gasteiger partial charge in [-0.1, -0.05) is 24.3 Å². The lowest BCUT2D eigenvalue weighted by Gasteiger charge is -2.05. The van der Waals surface area contributed by atoms with Crippen molar-refractivity contribution in [3.63, 3.8) is 0 Å². The molecule has 1 aromatic heterocycles. The lowest BCUT2D eigenvalue weighted by Crippen LogP contribution is -2.16. The van der Waals surface area contributed by atoms with Crippen LogP contribution in [0.3, 0.4) is 0 Å². The fourth-order valence-corrected chi connectivity index (χ4v) is 1.66. The number of hydrogen-bond donors (Lipinski definition) is 2. The lowest BCUT2D eigenvalue weighted by molar-refractivity contribution is 0.151. The Morgan fingerprint density at radius 1 is 1.22 bits per heavy atom. The molecule has 96 valence electrons. The minimum Gasteiger partial charge on any atom is -0.348 e. The van der Waals surface area contributed by atoms with E-state index in [1.165, 1.54) is 12.1 Å². The van der Waals surface area contributed by atoms with E-state index in [0.717, 1.165) is 24.2 Å². The molecule has 3 nitrogen and oxygen atoms in total.